The summed E-state index contributed by atoms with van der Waals surface area (Å²) in [4.78, 5) is 0. The summed E-state index contributed by atoms with van der Waals surface area (Å²) in [6.07, 6.45) is 3.38. The van der Waals surface area contributed by atoms with Gasteiger partial charge in [-0.3, -0.25) is 0 Å². The molecule has 2 atom stereocenters. The Labute approximate surface area is 139 Å². The Bertz CT molecular complexity index is 641. The van der Waals surface area contributed by atoms with E-state index < -0.39 is 0 Å². The molecule has 0 aromatic heterocycles. The van der Waals surface area contributed by atoms with Gasteiger partial charge in [0.1, 0.15) is 0 Å². The smallest absolute Gasteiger partial charge is 0.0409 e. The van der Waals surface area contributed by atoms with Gasteiger partial charge in [0.15, 0.2) is 0 Å². The van der Waals surface area contributed by atoms with Crippen LogP contribution in [0.2, 0.25) is 5.02 Å². The van der Waals surface area contributed by atoms with Crippen LogP contribution < -0.4 is 5.32 Å². The molecule has 3 heteroatoms. The van der Waals surface area contributed by atoms with Gasteiger partial charge in [0.2, 0.25) is 0 Å². The lowest BCUT2D eigenvalue weighted by Crippen LogP contribution is -2.24. The second-order valence-electron chi connectivity index (χ2n) is 5.62. The van der Waals surface area contributed by atoms with Crippen molar-refractivity contribution in [2.45, 2.75) is 38.3 Å². The number of benzene rings is 2. The van der Waals surface area contributed by atoms with Crippen molar-refractivity contribution in [3.8, 4) is 0 Å². The molecule has 2 unspecified atom stereocenters. The molecule has 0 saturated carbocycles. The maximum absolute atomic E-state index is 6.13. The van der Waals surface area contributed by atoms with Crippen molar-refractivity contribution in [1.29, 1.82) is 0 Å². The Kier molecular flexibility index (Phi) is 4.68. The van der Waals surface area contributed by atoms with Crippen molar-refractivity contribution in [3.63, 3.8) is 0 Å². The van der Waals surface area contributed by atoms with Gasteiger partial charge in [0, 0.05) is 21.6 Å². The van der Waals surface area contributed by atoms with Crippen molar-refractivity contribution < 1.29 is 0 Å². The van der Waals surface area contributed by atoms with E-state index in [0.29, 0.717) is 12.1 Å². The molecule has 1 aliphatic rings. The van der Waals surface area contributed by atoms with E-state index in [-0.39, 0.29) is 0 Å². The molecule has 0 bridgehead atoms. The summed E-state index contributed by atoms with van der Waals surface area (Å²) in [5.41, 5.74) is 4.18. The molecule has 1 aliphatic carbocycles. The van der Waals surface area contributed by atoms with E-state index in [4.69, 9.17) is 11.6 Å². The first-order valence-electron chi connectivity index (χ1n) is 7.47. The molecule has 0 amide bonds. The van der Waals surface area contributed by atoms with Crippen molar-refractivity contribution in [2.75, 3.05) is 0 Å². The van der Waals surface area contributed by atoms with Crippen molar-refractivity contribution in [3.05, 3.63) is 68.7 Å². The molecule has 0 saturated heterocycles. The number of rotatable bonds is 4. The maximum Gasteiger partial charge on any atom is 0.0409 e. The average Bonchev–Trinajstić information content (AvgIpc) is 2.86. The van der Waals surface area contributed by atoms with Crippen LogP contribution in [-0.4, -0.2) is 0 Å². The highest BCUT2D eigenvalue weighted by Crippen LogP contribution is 2.35. The van der Waals surface area contributed by atoms with Gasteiger partial charge in [0.05, 0.1) is 0 Å². The van der Waals surface area contributed by atoms with Gasteiger partial charge in [0.25, 0.3) is 0 Å². The summed E-state index contributed by atoms with van der Waals surface area (Å²) in [6.45, 7) is 2.22. The van der Waals surface area contributed by atoms with Gasteiger partial charge in [-0.2, -0.15) is 0 Å². The number of hydrogen-bond acceptors (Lipinski definition) is 1. The third kappa shape index (κ3) is 3.33. The van der Waals surface area contributed by atoms with Gasteiger partial charge in [-0.15, -0.1) is 0 Å². The van der Waals surface area contributed by atoms with Crippen LogP contribution in [0.4, 0.5) is 0 Å². The third-order valence-corrected chi connectivity index (χ3v) is 4.97. The molecule has 2 aromatic carbocycles. The van der Waals surface area contributed by atoms with Gasteiger partial charge < -0.3 is 5.32 Å². The highest BCUT2D eigenvalue weighted by molar-refractivity contribution is 9.10. The zero-order chi connectivity index (χ0) is 14.8. The van der Waals surface area contributed by atoms with Gasteiger partial charge in [-0.1, -0.05) is 52.7 Å². The van der Waals surface area contributed by atoms with Gasteiger partial charge in [-0.25, -0.2) is 0 Å². The molecule has 3 rings (SSSR count). The molecule has 110 valence electrons. The molecule has 0 fully saturated rings. The lowest BCUT2D eigenvalue weighted by Gasteiger charge is -2.23. The van der Waals surface area contributed by atoms with E-state index in [0.717, 1.165) is 17.9 Å². The average molecular weight is 365 g/mol. The number of hydrogen-bond donors (Lipinski definition) is 1. The predicted molar refractivity (Wildman–Crippen MR) is 92.8 cm³/mol. The molecule has 2 aromatic rings. The topological polar surface area (TPSA) is 12.0 Å². The largest absolute Gasteiger partial charge is 0.303 e. The van der Waals surface area contributed by atoms with Crippen LogP contribution in [0, 0.1) is 0 Å². The normalized spacial score (nSPS) is 18.5. The molecule has 0 spiro atoms. The lowest BCUT2D eigenvalue weighted by molar-refractivity contribution is 0.433. The predicted octanol–water partition coefficient (Wildman–Crippen LogP) is 5.83. The fraction of sp³-hybridized carbons (Fsp3) is 0.333. The van der Waals surface area contributed by atoms with E-state index in [2.05, 4.69) is 58.5 Å². The fourth-order valence-electron chi connectivity index (χ4n) is 3.18. The molecule has 1 N–H and O–H groups in total. The summed E-state index contributed by atoms with van der Waals surface area (Å²) in [5.74, 6) is 0. The van der Waals surface area contributed by atoms with Gasteiger partial charge >= 0.3 is 0 Å². The van der Waals surface area contributed by atoms with E-state index >= 15 is 0 Å². The van der Waals surface area contributed by atoms with Crippen molar-refractivity contribution in [1.82, 2.24) is 5.32 Å². The van der Waals surface area contributed by atoms with Gasteiger partial charge in [-0.05, 0) is 60.2 Å². The molecule has 0 radical (unpaired) electrons. The van der Waals surface area contributed by atoms with Crippen LogP contribution >= 0.6 is 27.5 Å². The SMILES string of the molecule is CCC(NC1CCc2cc(Br)ccc21)c1cccc(Cl)c1. The molecule has 1 nitrogen and oxygen atoms in total. The highest BCUT2D eigenvalue weighted by Gasteiger charge is 2.24. The minimum atomic E-state index is 0.350. The van der Waals surface area contributed by atoms with Crippen LogP contribution in [0.1, 0.15) is 48.5 Å². The van der Waals surface area contributed by atoms with Crippen LogP contribution in [0.15, 0.2) is 46.9 Å². The summed E-state index contributed by atoms with van der Waals surface area (Å²) in [7, 11) is 0. The molecule has 0 heterocycles. The third-order valence-electron chi connectivity index (χ3n) is 4.24. The summed E-state index contributed by atoms with van der Waals surface area (Å²) >= 11 is 9.69. The van der Waals surface area contributed by atoms with E-state index in [1.807, 2.05) is 12.1 Å². The molecular formula is C18H19BrClN. The highest BCUT2D eigenvalue weighted by atomic mass is 79.9. The number of nitrogens with one attached hydrogen (secondary N) is 1. The first-order valence-corrected chi connectivity index (χ1v) is 8.64. The Morgan fingerprint density at radius 2 is 2.14 bits per heavy atom. The number of fused-ring (bicyclic) bond motifs is 1. The lowest BCUT2D eigenvalue weighted by atomic mass is 10.0. The number of aryl methyl sites for hydroxylation is 1. The minimum Gasteiger partial charge on any atom is -0.303 e. The van der Waals surface area contributed by atoms with E-state index in [1.54, 1.807) is 0 Å². The summed E-state index contributed by atoms with van der Waals surface area (Å²) in [6, 6.07) is 15.6. The maximum atomic E-state index is 6.13. The van der Waals surface area contributed by atoms with Crippen LogP contribution in [0.25, 0.3) is 0 Å². The first kappa shape index (κ1) is 15.1. The van der Waals surface area contributed by atoms with Crippen LogP contribution in [-0.2, 0) is 6.42 Å². The second kappa shape index (κ2) is 6.51. The Hall–Kier alpha value is -0.830. The Morgan fingerprint density at radius 3 is 2.90 bits per heavy atom. The molecule has 21 heavy (non-hydrogen) atoms. The van der Waals surface area contributed by atoms with Crippen molar-refractivity contribution >= 4 is 27.5 Å². The quantitative estimate of drug-likeness (QED) is 0.719. The van der Waals surface area contributed by atoms with Crippen LogP contribution in [0.3, 0.4) is 0 Å². The summed E-state index contributed by atoms with van der Waals surface area (Å²) < 4.78 is 1.17. The molecule has 0 aliphatic heterocycles. The molecular weight excluding hydrogens is 346 g/mol. The summed E-state index contributed by atoms with van der Waals surface area (Å²) in [5, 5.41) is 4.62. The minimum absolute atomic E-state index is 0.350. The van der Waals surface area contributed by atoms with Crippen molar-refractivity contribution in [2.24, 2.45) is 0 Å². The monoisotopic (exact) mass is 363 g/mol. The zero-order valence-electron chi connectivity index (χ0n) is 12.1. The Balaban J connectivity index is 1.80. The first-order chi connectivity index (χ1) is 10.2. The van der Waals surface area contributed by atoms with Crippen LogP contribution in [0.5, 0.6) is 0 Å². The van der Waals surface area contributed by atoms with E-state index in [1.165, 1.54) is 27.6 Å². The zero-order valence-corrected chi connectivity index (χ0v) is 14.4. The fourth-order valence-corrected chi connectivity index (χ4v) is 3.78. The number of halogens is 2. The second-order valence-corrected chi connectivity index (χ2v) is 6.97. The van der Waals surface area contributed by atoms with E-state index in [9.17, 15) is 0 Å². The Morgan fingerprint density at radius 1 is 1.29 bits per heavy atom. The standard InChI is InChI=1S/C18H19BrClN/c1-2-17(13-4-3-5-15(20)11-13)21-18-9-6-12-10-14(19)7-8-16(12)18/h3-5,7-8,10-11,17-18,21H,2,6,9H2,1H3.